The van der Waals surface area contributed by atoms with Gasteiger partial charge in [-0.05, 0) is 62.2 Å². The van der Waals surface area contributed by atoms with Crippen LogP contribution in [-0.2, 0) is 16.1 Å². The maximum Gasteiger partial charge on any atom is 0.295 e. The molecule has 1 aliphatic heterocycles. The van der Waals surface area contributed by atoms with Gasteiger partial charge in [0.25, 0.3) is 11.7 Å². The first kappa shape index (κ1) is 24.1. The molecule has 35 heavy (non-hydrogen) atoms. The van der Waals surface area contributed by atoms with Gasteiger partial charge < -0.3 is 24.0 Å². The number of Topliss-reactive ketones (excluding diaryl/α,β-unsaturated/α-hetero) is 1. The summed E-state index contributed by atoms with van der Waals surface area (Å²) >= 11 is 0. The highest BCUT2D eigenvalue weighted by atomic mass is 16.5. The number of carbonyl (C=O) groups is 2. The smallest absolute Gasteiger partial charge is 0.295 e. The maximum atomic E-state index is 13.2. The molecule has 1 atom stereocenters. The summed E-state index contributed by atoms with van der Waals surface area (Å²) in [5.41, 5.74) is 1.23. The van der Waals surface area contributed by atoms with Gasteiger partial charge in [-0.2, -0.15) is 0 Å². The average Bonchev–Trinajstić information content (AvgIpc) is 3.46. The number of ether oxygens (including phenoxy) is 2. The van der Waals surface area contributed by atoms with Crippen LogP contribution in [0.4, 0.5) is 0 Å². The van der Waals surface area contributed by atoms with Gasteiger partial charge in [-0.15, -0.1) is 0 Å². The lowest BCUT2D eigenvalue weighted by atomic mass is 9.95. The van der Waals surface area contributed by atoms with E-state index in [2.05, 4.69) is 4.98 Å². The minimum Gasteiger partial charge on any atom is -0.507 e. The van der Waals surface area contributed by atoms with Crippen LogP contribution >= 0.6 is 0 Å². The van der Waals surface area contributed by atoms with Gasteiger partial charge in [0.15, 0.2) is 0 Å². The van der Waals surface area contributed by atoms with Crippen LogP contribution in [0.3, 0.4) is 0 Å². The molecule has 0 aliphatic carbocycles. The molecule has 1 amide bonds. The Hall–Kier alpha value is -4.07. The first-order valence-corrected chi connectivity index (χ1v) is 11.5. The summed E-state index contributed by atoms with van der Waals surface area (Å²) in [6.45, 7) is 4.85. The first-order chi connectivity index (χ1) is 16.9. The fourth-order valence-electron chi connectivity index (χ4n) is 4.21. The zero-order valence-electron chi connectivity index (χ0n) is 20.0. The molecule has 1 aromatic heterocycles. The van der Waals surface area contributed by atoms with Crippen molar-refractivity contribution in [3.05, 3.63) is 84.0 Å². The molecule has 182 valence electrons. The molecule has 1 aliphatic rings. The number of nitrogens with zero attached hydrogens (tertiary/aromatic N) is 3. The van der Waals surface area contributed by atoms with E-state index >= 15 is 0 Å². The number of ketones is 1. The van der Waals surface area contributed by atoms with Crippen molar-refractivity contribution >= 4 is 17.4 Å². The number of aromatic nitrogens is 2. The second-order valence-corrected chi connectivity index (χ2v) is 8.61. The van der Waals surface area contributed by atoms with Gasteiger partial charge in [-0.3, -0.25) is 9.59 Å². The third-order valence-electron chi connectivity index (χ3n) is 5.85. The molecule has 8 nitrogen and oxygen atoms in total. The van der Waals surface area contributed by atoms with Crippen molar-refractivity contribution in [3.63, 3.8) is 0 Å². The molecular weight excluding hydrogens is 446 g/mol. The molecule has 1 fully saturated rings. The van der Waals surface area contributed by atoms with Crippen molar-refractivity contribution < 1.29 is 24.2 Å². The normalized spacial score (nSPS) is 17.3. The van der Waals surface area contributed by atoms with Crippen LogP contribution < -0.4 is 9.47 Å². The second kappa shape index (κ2) is 10.5. The Morgan fingerprint density at radius 1 is 1.03 bits per heavy atom. The van der Waals surface area contributed by atoms with Gasteiger partial charge in [0.2, 0.25) is 0 Å². The summed E-state index contributed by atoms with van der Waals surface area (Å²) < 4.78 is 12.8. The standard InChI is InChI=1S/C27H29N3O5/c1-18(2)35-22-11-7-20(8-12-22)25(31)23-24(19-5-9-21(34-3)10-6-19)30(27(33)26(23)32)15-4-14-29-16-13-28-17-29/h5-13,16-18,24,31H,4,14-15H2,1-3H3. The fraction of sp³-hybridized carbons (Fsp3) is 0.296. The van der Waals surface area contributed by atoms with E-state index in [4.69, 9.17) is 9.47 Å². The molecule has 1 N–H and O–H groups in total. The highest BCUT2D eigenvalue weighted by molar-refractivity contribution is 6.46. The van der Waals surface area contributed by atoms with Crippen molar-refractivity contribution in [1.29, 1.82) is 0 Å². The van der Waals surface area contributed by atoms with Crippen molar-refractivity contribution in [1.82, 2.24) is 14.5 Å². The number of aryl methyl sites for hydroxylation is 1. The van der Waals surface area contributed by atoms with Gasteiger partial charge in [0.1, 0.15) is 17.3 Å². The van der Waals surface area contributed by atoms with Crippen LogP contribution in [0.1, 0.15) is 37.4 Å². The Balaban J connectivity index is 1.69. The number of amides is 1. The zero-order valence-corrected chi connectivity index (χ0v) is 20.0. The van der Waals surface area contributed by atoms with Gasteiger partial charge >= 0.3 is 0 Å². The fourth-order valence-corrected chi connectivity index (χ4v) is 4.21. The number of hydrogen-bond donors (Lipinski definition) is 1. The Labute approximate surface area is 204 Å². The first-order valence-electron chi connectivity index (χ1n) is 11.5. The van der Waals surface area contributed by atoms with E-state index < -0.39 is 17.7 Å². The number of aliphatic hydroxyl groups is 1. The third-order valence-corrected chi connectivity index (χ3v) is 5.85. The molecule has 0 saturated carbocycles. The van der Waals surface area contributed by atoms with E-state index in [9.17, 15) is 14.7 Å². The molecular formula is C27H29N3O5. The van der Waals surface area contributed by atoms with Crippen molar-refractivity contribution in [2.45, 2.75) is 39.0 Å². The lowest BCUT2D eigenvalue weighted by molar-refractivity contribution is -0.139. The highest BCUT2D eigenvalue weighted by Gasteiger charge is 2.45. The van der Waals surface area contributed by atoms with E-state index in [-0.39, 0.29) is 17.4 Å². The Morgan fingerprint density at radius 3 is 2.31 bits per heavy atom. The van der Waals surface area contributed by atoms with Crippen LogP contribution in [0.15, 0.2) is 72.8 Å². The summed E-state index contributed by atoms with van der Waals surface area (Å²) in [5, 5.41) is 11.2. The van der Waals surface area contributed by atoms with Crippen molar-refractivity contribution in [2.24, 2.45) is 0 Å². The van der Waals surface area contributed by atoms with Crippen LogP contribution in [0.25, 0.3) is 5.76 Å². The van der Waals surface area contributed by atoms with Crippen LogP contribution in [0.2, 0.25) is 0 Å². The SMILES string of the molecule is COc1ccc(C2C(=C(O)c3ccc(OC(C)C)cc3)C(=O)C(=O)N2CCCn2ccnc2)cc1. The van der Waals surface area contributed by atoms with E-state index in [1.165, 1.54) is 4.90 Å². The average molecular weight is 476 g/mol. The monoisotopic (exact) mass is 475 g/mol. The number of carbonyl (C=O) groups excluding carboxylic acids is 2. The molecule has 0 spiro atoms. The van der Waals surface area contributed by atoms with Gasteiger partial charge in [0, 0.05) is 31.0 Å². The number of benzene rings is 2. The number of rotatable bonds is 9. The zero-order chi connectivity index (χ0) is 24.9. The largest absolute Gasteiger partial charge is 0.507 e. The molecule has 1 unspecified atom stereocenters. The number of aliphatic hydroxyl groups excluding tert-OH is 1. The molecule has 3 aromatic rings. The maximum absolute atomic E-state index is 13.2. The number of imidazole rings is 1. The lowest BCUT2D eigenvalue weighted by Gasteiger charge is -2.25. The summed E-state index contributed by atoms with van der Waals surface area (Å²) in [6, 6.07) is 13.3. The van der Waals surface area contributed by atoms with Gasteiger partial charge in [-0.25, -0.2) is 4.98 Å². The highest BCUT2D eigenvalue weighted by Crippen LogP contribution is 2.40. The minimum atomic E-state index is -0.713. The summed E-state index contributed by atoms with van der Waals surface area (Å²) in [5.74, 6) is -0.224. The predicted molar refractivity (Wildman–Crippen MR) is 131 cm³/mol. The number of methoxy groups -OCH3 is 1. The number of hydrogen-bond acceptors (Lipinski definition) is 6. The number of likely N-dealkylation sites (tertiary alicyclic amines) is 1. The molecule has 8 heteroatoms. The summed E-state index contributed by atoms with van der Waals surface area (Å²) in [7, 11) is 1.57. The predicted octanol–water partition coefficient (Wildman–Crippen LogP) is 4.19. The molecule has 1 saturated heterocycles. The van der Waals surface area contributed by atoms with E-state index in [1.807, 2.05) is 36.7 Å². The second-order valence-electron chi connectivity index (χ2n) is 8.61. The molecule has 0 radical (unpaired) electrons. The summed E-state index contributed by atoms with van der Waals surface area (Å²) in [6.07, 6.45) is 5.89. The third kappa shape index (κ3) is 5.21. The Kier molecular flexibility index (Phi) is 7.19. The quantitative estimate of drug-likeness (QED) is 0.283. The minimum absolute atomic E-state index is 0.0113. The van der Waals surface area contributed by atoms with Crippen LogP contribution in [0, 0.1) is 0 Å². The summed E-state index contributed by atoms with van der Waals surface area (Å²) in [4.78, 5) is 31.8. The molecule has 0 bridgehead atoms. The molecule has 2 heterocycles. The Morgan fingerprint density at radius 2 is 1.71 bits per heavy atom. The van der Waals surface area contributed by atoms with Crippen molar-refractivity contribution in [2.75, 3.05) is 13.7 Å². The topological polar surface area (TPSA) is 93.9 Å². The van der Waals surface area contributed by atoms with Crippen LogP contribution in [-0.4, -0.2) is 51.0 Å². The molecule has 2 aromatic carbocycles. The van der Waals surface area contributed by atoms with E-state index in [0.717, 1.165) is 0 Å². The van der Waals surface area contributed by atoms with E-state index in [0.29, 0.717) is 42.1 Å². The Bertz CT molecular complexity index is 1200. The lowest BCUT2D eigenvalue weighted by Crippen LogP contribution is -2.31. The van der Waals surface area contributed by atoms with Crippen LogP contribution in [0.5, 0.6) is 11.5 Å². The van der Waals surface area contributed by atoms with Crippen molar-refractivity contribution in [3.8, 4) is 11.5 Å². The van der Waals surface area contributed by atoms with Gasteiger partial charge in [-0.1, -0.05) is 12.1 Å². The van der Waals surface area contributed by atoms with E-state index in [1.54, 1.807) is 56.0 Å². The molecule has 4 rings (SSSR count). The van der Waals surface area contributed by atoms with Gasteiger partial charge in [0.05, 0.1) is 31.2 Å².